The van der Waals surface area contributed by atoms with E-state index in [0.717, 1.165) is 19.3 Å². The molecule has 2 aliphatic carbocycles. The fraction of sp³-hybridized carbons (Fsp3) is 0.231. The molecule has 4 aromatic rings. The lowest BCUT2D eigenvalue weighted by atomic mass is 9.84. The van der Waals surface area contributed by atoms with Gasteiger partial charge in [-0.2, -0.15) is 0 Å². The maximum absolute atomic E-state index is 3.37. The predicted octanol–water partition coefficient (Wildman–Crippen LogP) is 11.3. The van der Waals surface area contributed by atoms with Gasteiger partial charge < -0.3 is 0 Å². The molecule has 0 saturated carbocycles. The summed E-state index contributed by atoms with van der Waals surface area (Å²) in [5.74, 6) is 7.48. The van der Waals surface area contributed by atoms with Crippen LogP contribution in [0.4, 0.5) is 0 Å². The van der Waals surface area contributed by atoms with E-state index in [0.29, 0.717) is 11.8 Å². The second-order valence-electron chi connectivity index (χ2n) is 11.4. The monoisotopic (exact) mass is 536 g/mol. The minimum Gasteiger partial charge on any atom is -0.134 e. The molecule has 0 unspecified atom stereocenters. The Hall–Kier alpha value is -3.86. The zero-order valence-electron chi connectivity index (χ0n) is 23.9. The number of rotatable bonds is 6. The minimum atomic E-state index is 0.459. The topological polar surface area (TPSA) is 0 Å². The van der Waals surface area contributed by atoms with Crippen LogP contribution in [0.25, 0.3) is 43.7 Å². The van der Waals surface area contributed by atoms with Gasteiger partial charge in [-0.25, -0.2) is 0 Å². The highest BCUT2D eigenvalue weighted by atomic mass is 32.1. The summed E-state index contributed by atoms with van der Waals surface area (Å²) < 4.78 is 0. The van der Waals surface area contributed by atoms with Gasteiger partial charge in [-0.05, 0) is 80.8 Å². The van der Waals surface area contributed by atoms with E-state index in [1.165, 1.54) is 65.4 Å². The summed E-state index contributed by atoms with van der Waals surface area (Å²) in [4.78, 5) is 2.84. The minimum absolute atomic E-state index is 0.459. The van der Waals surface area contributed by atoms with Crippen molar-refractivity contribution in [3.05, 3.63) is 119 Å². The zero-order valence-corrected chi connectivity index (χ0v) is 24.7. The van der Waals surface area contributed by atoms with Crippen molar-refractivity contribution in [2.24, 2.45) is 0 Å². The van der Waals surface area contributed by atoms with Gasteiger partial charge in [0.15, 0.2) is 0 Å². The highest BCUT2D eigenvalue weighted by Gasteiger charge is 2.27. The molecule has 0 atom stereocenters. The molecule has 0 amide bonds. The van der Waals surface area contributed by atoms with Crippen LogP contribution in [-0.4, -0.2) is 0 Å². The first-order valence-electron chi connectivity index (χ1n) is 14.5. The Morgan fingerprint density at radius 3 is 2.23 bits per heavy atom. The van der Waals surface area contributed by atoms with E-state index in [9.17, 15) is 0 Å². The molecule has 0 aliphatic heterocycles. The van der Waals surface area contributed by atoms with Gasteiger partial charge in [0.05, 0.1) is 0 Å². The summed E-state index contributed by atoms with van der Waals surface area (Å²) in [5, 5.41) is 0. The molecule has 0 bridgehead atoms. The third kappa shape index (κ3) is 4.83. The molecule has 0 saturated heterocycles. The van der Waals surface area contributed by atoms with Crippen molar-refractivity contribution in [3.63, 3.8) is 0 Å². The molecule has 0 radical (unpaired) electrons. The fourth-order valence-corrected chi connectivity index (χ4v) is 7.60. The van der Waals surface area contributed by atoms with Crippen LogP contribution in [0.2, 0.25) is 0 Å². The standard InChI is InChI=1S/C39H36S/c1-26(2)30-22-14-23-31(27(3)4)37(30)39-34-21-13-12-20-33(34)38(40-39)35-25-15-24-32(28-16-10-7-11-17-28)36(35)29-18-8-5-6-9-19-29/h5,7-8,10-11,13-18,21-27H,12,19-20H2,1-4H3. The first kappa shape index (κ1) is 26.4. The molecule has 198 valence electrons. The number of hydrogen-bond donors (Lipinski definition) is 0. The number of allylic oxidation sites excluding steroid dienone is 5. The second kappa shape index (κ2) is 11.3. The lowest BCUT2D eigenvalue weighted by molar-refractivity contribution is 0.838. The summed E-state index contributed by atoms with van der Waals surface area (Å²) in [7, 11) is 0. The molecule has 0 N–H and O–H groups in total. The first-order valence-corrected chi connectivity index (χ1v) is 15.3. The maximum atomic E-state index is 3.37. The largest absolute Gasteiger partial charge is 0.134 e. The summed E-state index contributed by atoms with van der Waals surface area (Å²) in [6.07, 6.45) is 14.0. The van der Waals surface area contributed by atoms with Crippen LogP contribution in [0.1, 0.15) is 80.2 Å². The smallest absolute Gasteiger partial charge is 0.0430 e. The van der Waals surface area contributed by atoms with Crippen LogP contribution in [0.3, 0.4) is 0 Å². The molecule has 0 nitrogen and oxygen atoms in total. The number of benzene rings is 3. The van der Waals surface area contributed by atoms with Gasteiger partial charge in [-0.3, -0.25) is 0 Å². The summed E-state index contributed by atoms with van der Waals surface area (Å²) in [6.45, 7) is 9.31. The van der Waals surface area contributed by atoms with E-state index in [2.05, 4.69) is 131 Å². The van der Waals surface area contributed by atoms with Gasteiger partial charge in [-0.1, -0.05) is 131 Å². The molecule has 6 rings (SSSR count). The third-order valence-electron chi connectivity index (χ3n) is 8.07. The van der Waals surface area contributed by atoms with Crippen molar-refractivity contribution < 1.29 is 0 Å². The average Bonchev–Trinajstić information content (AvgIpc) is 3.15. The Bertz CT molecular complexity index is 1680. The van der Waals surface area contributed by atoms with E-state index in [4.69, 9.17) is 0 Å². The van der Waals surface area contributed by atoms with E-state index >= 15 is 0 Å². The summed E-state index contributed by atoms with van der Waals surface area (Å²) in [6, 6.07) is 24.6. The van der Waals surface area contributed by atoms with E-state index in [1.807, 2.05) is 17.4 Å². The highest BCUT2D eigenvalue weighted by Crippen LogP contribution is 2.51. The van der Waals surface area contributed by atoms with Gasteiger partial charge in [0.25, 0.3) is 0 Å². The van der Waals surface area contributed by atoms with E-state index in [-0.39, 0.29) is 0 Å². The predicted molar refractivity (Wildman–Crippen MR) is 176 cm³/mol. The van der Waals surface area contributed by atoms with Crippen LogP contribution in [-0.2, 0) is 6.42 Å². The molecule has 1 heterocycles. The van der Waals surface area contributed by atoms with Crippen molar-refractivity contribution in [2.75, 3.05) is 0 Å². The van der Waals surface area contributed by atoms with Gasteiger partial charge in [0.1, 0.15) is 0 Å². The molecular formula is C39H36S. The van der Waals surface area contributed by atoms with Gasteiger partial charge in [0.2, 0.25) is 0 Å². The number of thiophene rings is 1. The summed E-state index contributed by atoms with van der Waals surface area (Å²) in [5.41, 5.74) is 13.7. The number of hydrogen-bond acceptors (Lipinski definition) is 1. The quantitative estimate of drug-likeness (QED) is 0.215. The lowest BCUT2D eigenvalue weighted by Gasteiger charge is -2.20. The van der Waals surface area contributed by atoms with Crippen LogP contribution in [0, 0.1) is 11.8 Å². The second-order valence-corrected chi connectivity index (χ2v) is 12.4. The Kier molecular flexibility index (Phi) is 7.46. The Labute approximate surface area is 243 Å². The first-order chi connectivity index (χ1) is 19.5. The Morgan fingerprint density at radius 2 is 1.48 bits per heavy atom. The molecule has 2 aliphatic rings. The van der Waals surface area contributed by atoms with Crippen molar-refractivity contribution in [2.45, 2.75) is 58.8 Å². The Balaban J connectivity index is 1.66. The molecule has 3 aromatic carbocycles. The van der Waals surface area contributed by atoms with Crippen molar-refractivity contribution in [3.8, 4) is 43.8 Å². The van der Waals surface area contributed by atoms with Gasteiger partial charge >= 0.3 is 0 Å². The average molecular weight is 537 g/mol. The molecular weight excluding hydrogens is 500 g/mol. The molecule has 0 fully saturated rings. The molecule has 0 spiro atoms. The van der Waals surface area contributed by atoms with Crippen molar-refractivity contribution in [1.29, 1.82) is 0 Å². The normalized spacial score (nSPS) is 14.1. The van der Waals surface area contributed by atoms with E-state index in [1.54, 1.807) is 0 Å². The molecule has 1 aromatic heterocycles. The van der Waals surface area contributed by atoms with Crippen molar-refractivity contribution >= 4 is 23.0 Å². The highest BCUT2D eigenvalue weighted by molar-refractivity contribution is 7.19. The fourth-order valence-electron chi connectivity index (χ4n) is 6.14. The Morgan fingerprint density at radius 1 is 0.750 bits per heavy atom. The SMILES string of the molecule is CC(C)c1cccc(C(C)C)c1-c1sc(-c2cccc(-c3ccccc3)c2C2=CC=CC#CC2)c2c1C=CCC2. The summed E-state index contributed by atoms with van der Waals surface area (Å²) >= 11 is 2.00. The lowest BCUT2D eigenvalue weighted by Crippen LogP contribution is -2.00. The molecule has 1 heteroatoms. The van der Waals surface area contributed by atoms with Gasteiger partial charge in [0, 0.05) is 21.7 Å². The van der Waals surface area contributed by atoms with Crippen LogP contribution in [0.5, 0.6) is 0 Å². The zero-order chi connectivity index (χ0) is 27.6. The number of fused-ring (bicyclic) bond motifs is 1. The van der Waals surface area contributed by atoms with Gasteiger partial charge in [-0.15, -0.1) is 11.3 Å². The van der Waals surface area contributed by atoms with E-state index < -0.39 is 0 Å². The maximum Gasteiger partial charge on any atom is 0.0430 e. The third-order valence-corrected chi connectivity index (χ3v) is 9.36. The molecule has 40 heavy (non-hydrogen) atoms. The van der Waals surface area contributed by atoms with Crippen LogP contribution in [0.15, 0.2) is 91.0 Å². The van der Waals surface area contributed by atoms with Crippen molar-refractivity contribution in [1.82, 2.24) is 0 Å². The van der Waals surface area contributed by atoms with Crippen LogP contribution < -0.4 is 0 Å². The van der Waals surface area contributed by atoms with Crippen LogP contribution >= 0.6 is 11.3 Å².